The molecule has 1 N–H and O–H groups in total. The van der Waals surface area contributed by atoms with Crippen molar-refractivity contribution in [2.75, 3.05) is 33.4 Å². The minimum Gasteiger partial charge on any atom is -0.493 e. The molecule has 1 aromatic carbocycles. The molecule has 2 bridgehead atoms. The second-order valence-electron chi connectivity index (χ2n) is 9.04. The van der Waals surface area contributed by atoms with Crippen molar-refractivity contribution in [3.63, 3.8) is 0 Å². The maximum atomic E-state index is 14.0. The molecule has 0 unspecified atom stereocenters. The van der Waals surface area contributed by atoms with Gasteiger partial charge in [0.2, 0.25) is 0 Å². The highest BCUT2D eigenvalue weighted by molar-refractivity contribution is 6.10. The summed E-state index contributed by atoms with van der Waals surface area (Å²) < 4.78 is 28.3. The normalized spacial score (nSPS) is 18.3. The van der Waals surface area contributed by atoms with Gasteiger partial charge in [0.25, 0.3) is 17.4 Å². The standard InChI is InChI=1S/C25H28FN5O5/c1-4-29-12-14(2)31-20-18(22(35-3)21(31)25(29)34)24(33)30-13-15-7-8-16(26)11-17(15)36-10-6-5-9-27-23(32)19(20)28-30/h7-8,11,14H,4-6,9-10,12-13H2,1-3H3,(H,27,32)/t14-/m0/s1. The number of rotatable bonds is 2. The van der Waals surface area contributed by atoms with Crippen LogP contribution in [0.15, 0.2) is 23.0 Å². The fraction of sp³-hybridized carbons (Fsp3) is 0.440. The smallest absolute Gasteiger partial charge is 0.280 e. The number of likely N-dealkylation sites (N-methyl/N-ethyl adjacent to an activating group) is 1. The zero-order valence-electron chi connectivity index (χ0n) is 20.5. The first-order valence-electron chi connectivity index (χ1n) is 12.1. The highest BCUT2D eigenvalue weighted by atomic mass is 19.1. The van der Waals surface area contributed by atoms with E-state index in [0.29, 0.717) is 50.4 Å². The van der Waals surface area contributed by atoms with E-state index in [2.05, 4.69) is 10.4 Å². The summed E-state index contributed by atoms with van der Waals surface area (Å²) in [6, 6.07) is 3.89. The lowest BCUT2D eigenvalue weighted by Crippen LogP contribution is -2.42. The van der Waals surface area contributed by atoms with Crippen molar-refractivity contribution in [1.29, 1.82) is 0 Å². The number of benzene rings is 1. The maximum Gasteiger partial charge on any atom is 0.280 e. The van der Waals surface area contributed by atoms with Crippen molar-refractivity contribution in [3.8, 4) is 11.5 Å². The second-order valence-corrected chi connectivity index (χ2v) is 9.04. The molecule has 11 heteroatoms. The highest BCUT2D eigenvalue weighted by Gasteiger charge is 2.38. The number of ether oxygens (including phenoxy) is 2. The van der Waals surface area contributed by atoms with Crippen molar-refractivity contribution in [3.05, 3.63) is 51.3 Å². The molecule has 10 nitrogen and oxygen atoms in total. The van der Waals surface area contributed by atoms with Crippen LogP contribution in [0.3, 0.4) is 0 Å². The zero-order chi connectivity index (χ0) is 25.6. The monoisotopic (exact) mass is 497 g/mol. The molecule has 2 amide bonds. The predicted molar refractivity (Wildman–Crippen MR) is 129 cm³/mol. The second kappa shape index (κ2) is 9.29. The fourth-order valence-corrected chi connectivity index (χ4v) is 5.00. The molecule has 0 radical (unpaired) electrons. The fourth-order valence-electron chi connectivity index (χ4n) is 5.00. The van der Waals surface area contributed by atoms with Gasteiger partial charge >= 0.3 is 0 Å². The van der Waals surface area contributed by atoms with Crippen LogP contribution in [0.25, 0.3) is 10.9 Å². The molecule has 0 aliphatic carbocycles. The molecule has 2 aliphatic heterocycles. The van der Waals surface area contributed by atoms with Crippen molar-refractivity contribution >= 4 is 22.7 Å². The molecule has 2 aliphatic rings. The molecule has 0 saturated carbocycles. The summed E-state index contributed by atoms with van der Waals surface area (Å²) >= 11 is 0. The first-order valence-corrected chi connectivity index (χ1v) is 12.1. The Balaban J connectivity index is 1.82. The number of methoxy groups -OCH3 is 1. The lowest BCUT2D eigenvalue weighted by atomic mass is 10.2. The Labute approximate surface area is 206 Å². The lowest BCUT2D eigenvalue weighted by molar-refractivity contribution is 0.0685. The summed E-state index contributed by atoms with van der Waals surface area (Å²) in [7, 11) is 1.40. The van der Waals surface area contributed by atoms with Gasteiger partial charge in [0, 0.05) is 37.3 Å². The Bertz CT molecular complexity index is 1430. The molecule has 4 heterocycles. The van der Waals surface area contributed by atoms with Gasteiger partial charge in [-0.1, -0.05) is 6.07 Å². The molecule has 190 valence electrons. The van der Waals surface area contributed by atoms with Crippen molar-refractivity contribution < 1.29 is 23.5 Å². The number of aromatic nitrogens is 3. The first-order chi connectivity index (χ1) is 17.3. The van der Waals surface area contributed by atoms with Gasteiger partial charge in [-0.3, -0.25) is 14.4 Å². The lowest BCUT2D eigenvalue weighted by Gasteiger charge is -2.32. The van der Waals surface area contributed by atoms with E-state index in [1.165, 1.54) is 25.3 Å². The van der Waals surface area contributed by atoms with Gasteiger partial charge in [-0.2, -0.15) is 5.10 Å². The Kier molecular flexibility index (Phi) is 6.15. The van der Waals surface area contributed by atoms with Crippen molar-refractivity contribution in [2.45, 2.75) is 39.3 Å². The number of carbonyl (C=O) groups is 2. The summed E-state index contributed by atoms with van der Waals surface area (Å²) in [6.45, 7) is 5.38. The molecule has 0 fully saturated rings. The summed E-state index contributed by atoms with van der Waals surface area (Å²) in [5.41, 5.74) is 0.560. The average Bonchev–Trinajstić information content (AvgIpc) is 3.22. The summed E-state index contributed by atoms with van der Waals surface area (Å²) in [4.78, 5) is 42.2. The summed E-state index contributed by atoms with van der Waals surface area (Å²) in [5.74, 6) is -0.746. The van der Waals surface area contributed by atoms with Crippen LogP contribution in [0.1, 0.15) is 59.3 Å². The van der Waals surface area contributed by atoms with Crippen LogP contribution >= 0.6 is 0 Å². The van der Waals surface area contributed by atoms with Crippen LogP contribution in [-0.2, 0) is 6.54 Å². The minimum absolute atomic E-state index is 0.0302. The van der Waals surface area contributed by atoms with E-state index in [1.54, 1.807) is 9.47 Å². The van der Waals surface area contributed by atoms with Crippen molar-refractivity contribution in [1.82, 2.24) is 24.6 Å². The van der Waals surface area contributed by atoms with Gasteiger partial charge in [0.1, 0.15) is 17.0 Å². The number of hydrogen-bond acceptors (Lipinski definition) is 6. The van der Waals surface area contributed by atoms with E-state index in [-0.39, 0.29) is 46.5 Å². The Hall–Kier alpha value is -3.89. The van der Waals surface area contributed by atoms with E-state index in [4.69, 9.17) is 9.47 Å². The zero-order valence-corrected chi connectivity index (χ0v) is 20.5. The average molecular weight is 498 g/mol. The van der Waals surface area contributed by atoms with Crippen molar-refractivity contribution in [2.24, 2.45) is 0 Å². The Morgan fingerprint density at radius 1 is 1.25 bits per heavy atom. The van der Waals surface area contributed by atoms with Crippen LogP contribution in [-0.4, -0.2) is 64.4 Å². The van der Waals surface area contributed by atoms with E-state index in [0.717, 1.165) is 4.68 Å². The van der Waals surface area contributed by atoms with Crippen LogP contribution < -0.4 is 20.3 Å². The molecular weight excluding hydrogens is 469 g/mol. The van der Waals surface area contributed by atoms with Crippen LogP contribution in [0.4, 0.5) is 4.39 Å². The Morgan fingerprint density at radius 2 is 2.06 bits per heavy atom. The molecule has 0 spiro atoms. The van der Waals surface area contributed by atoms with Gasteiger partial charge in [0.05, 0.1) is 25.8 Å². The first kappa shape index (κ1) is 23.8. The van der Waals surface area contributed by atoms with Crippen LogP contribution in [0.2, 0.25) is 0 Å². The number of carbonyl (C=O) groups excluding carboxylic acids is 2. The molecule has 3 aromatic rings. The molecule has 1 atom stereocenters. The number of nitrogens with one attached hydrogen (secondary N) is 1. The third-order valence-corrected chi connectivity index (χ3v) is 6.73. The van der Waals surface area contributed by atoms with E-state index < -0.39 is 17.3 Å². The number of amides is 2. The van der Waals surface area contributed by atoms with E-state index in [1.807, 2.05) is 13.8 Å². The Morgan fingerprint density at radius 3 is 2.81 bits per heavy atom. The summed E-state index contributed by atoms with van der Waals surface area (Å²) in [6.07, 6.45) is 1.28. The highest BCUT2D eigenvalue weighted by Crippen LogP contribution is 2.38. The minimum atomic E-state index is -0.520. The molecule has 0 saturated heterocycles. The SMILES string of the molecule is CCN1C[C@H](C)n2c(c(OC)c3c(=O)n4nc(c32)C(=O)NCCCCOc2cc(F)ccc2C4)C1=O. The third-order valence-electron chi connectivity index (χ3n) is 6.73. The number of nitrogens with zero attached hydrogens (tertiary/aromatic N) is 4. The van der Waals surface area contributed by atoms with Gasteiger partial charge < -0.3 is 24.3 Å². The van der Waals surface area contributed by atoms with E-state index in [9.17, 15) is 18.8 Å². The number of hydrogen-bond donors (Lipinski definition) is 1. The third kappa shape index (κ3) is 3.78. The maximum absolute atomic E-state index is 14.0. The van der Waals surface area contributed by atoms with Crippen LogP contribution in [0, 0.1) is 5.82 Å². The number of halogens is 1. The van der Waals surface area contributed by atoms with Gasteiger partial charge in [-0.25, -0.2) is 9.07 Å². The van der Waals surface area contributed by atoms with Gasteiger partial charge in [0.15, 0.2) is 17.1 Å². The molecule has 2 aromatic heterocycles. The molecular formula is C25H28FN5O5. The quantitative estimate of drug-likeness (QED) is 0.582. The molecule has 5 rings (SSSR count). The van der Waals surface area contributed by atoms with Crippen LogP contribution in [0.5, 0.6) is 11.5 Å². The van der Waals surface area contributed by atoms with E-state index >= 15 is 0 Å². The summed E-state index contributed by atoms with van der Waals surface area (Å²) in [5, 5.41) is 7.45. The molecule has 36 heavy (non-hydrogen) atoms. The topological polar surface area (TPSA) is 108 Å². The largest absolute Gasteiger partial charge is 0.493 e. The number of fused-ring (bicyclic) bond motifs is 7. The predicted octanol–water partition coefficient (Wildman–Crippen LogP) is 2.33. The van der Waals surface area contributed by atoms with Gasteiger partial charge in [-0.05, 0) is 32.8 Å². The van der Waals surface area contributed by atoms with Gasteiger partial charge in [-0.15, -0.1) is 0 Å².